The topological polar surface area (TPSA) is 66.4 Å². The molecule has 0 bridgehead atoms. The number of carbonyl (C=O) groups excluding carboxylic acids is 1. The predicted octanol–water partition coefficient (Wildman–Crippen LogP) is 2.27. The van der Waals surface area contributed by atoms with E-state index in [1.54, 1.807) is 0 Å². The maximum atomic E-state index is 13.4. The molecule has 1 aromatic rings. The monoisotopic (exact) mass is 285 g/mol. The summed E-state index contributed by atoms with van der Waals surface area (Å²) in [5.41, 5.74) is -0.0481. The predicted molar refractivity (Wildman–Crippen MR) is 69.2 cm³/mol. The number of aliphatic carboxylic acids is 1. The van der Waals surface area contributed by atoms with Crippen LogP contribution in [0.4, 0.5) is 8.78 Å². The summed E-state index contributed by atoms with van der Waals surface area (Å²) in [4.78, 5) is 22.4. The van der Waals surface area contributed by atoms with Crippen LogP contribution in [0.1, 0.15) is 31.7 Å². The van der Waals surface area contributed by atoms with Gasteiger partial charge in [-0.3, -0.25) is 9.59 Å². The summed E-state index contributed by atoms with van der Waals surface area (Å²) in [6.45, 7) is 1.87. The van der Waals surface area contributed by atoms with Crippen molar-refractivity contribution < 1.29 is 23.5 Å². The van der Waals surface area contributed by atoms with Crippen molar-refractivity contribution in [2.45, 2.75) is 38.6 Å². The number of carbonyl (C=O) groups is 2. The number of rotatable bonds is 7. The zero-order valence-electron chi connectivity index (χ0n) is 11.2. The van der Waals surface area contributed by atoms with Gasteiger partial charge in [-0.25, -0.2) is 8.78 Å². The highest BCUT2D eigenvalue weighted by atomic mass is 19.2. The molecule has 20 heavy (non-hydrogen) atoms. The highest BCUT2D eigenvalue weighted by Gasteiger charge is 2.17. The van der Waals surface area contributed by atoms with Crippen molar-refractivity contribution in [1.82, 2.24) is 5.32 Å². The Labute approximate surface area is 115 Å². The van der Waals surface area contributed by atoms with Gasteiger partial charge in [0.05, 0.1) is 12.8 Å². The van der Waals surface area contributed by atoms with Crippen molar-refractivity contribution in [2.24, 2.45) is 0 Å². The molecule has 1 atom stereocenters. The number of carboxylic acids is 1. The van der Waals surface area contributed by atoms with Crippen LogP contribution < -0.4 is 5.32 Å². The molecule has 0 radical (unpaired) electrons. The highest BCUT2D eigenvalue weighted by molar-refractivity contribution is 5.79. The second-order valence-electron chi connectivity index (χ2n) is 4.54. The third-order valence-corrected chi connectivity index (χ3v) is 2.81. The molecular formula is C14H17F2NO3. The number of hydrogen-bond donors (Lipinski definition) is 2. The minimum Gasteiger partial charge on any atom is -0.481 e. The van der Waals surface area contributed by atoms with E-state index in [4.69, 9.17) is 5.11 Å². The first kappa shape index (κ1) is 16.1. The lowest BCUT2D eigenvalue weighted by Gasteiger charge is -2.16. The van der Waals surface area contributed by atoms with Gasteiger partial charge in [0, 0.05) is 11.6 Å². The van der Waals surface area contributed by atoms with Gasteiger partial charge in [0.25, 0.3) is 0 Å². The maximum absolute atomic E-state index is 13.4. The van der Waals surface area contributed by atoms with E-state index in [0.29, 0.717) is 12.8 Å². The molecule has 110 valence electrons. The average Bonchev–Trinajstić information content (AvgIpc) is 2.34. The minimum atomic E-state index is -1.05. The van der Waals surface area contributed by atoms with E-state index in [1.165, 1.54) is 12.1 Å². The van der Waals surface area contributed by atoms with E-state index in [0.717, 1.165) is 6.07 Å². The summed E-state index contributed by atoms with van der Waals surface area (Å²) in [6, 6.07) is 3.12. The molecule has 4 nitrogen and oxygen atoms in total. The molecular weight excluding hydrogens is 268 g/mol. The molecule has 1 rings (SSSR count). The van der Waals surface area contributed by atoms with Crippen molar-refractivity contribution in [1.29, 1.82) is 0 Å². The molecule has 1 amide bonds. The number of nitrogens with one attached hydrogen (secondary N) is 1. The largest absolute Gasteiger partial charge is 0.481 e. The lowest BCUT2D eigenvalue weighted by Crippen LogP contribution is -2.37. The molecule has 0 saturated carbocycles. The van der Waals surface area contributed by atoms with E-state index in [-0.39, 0.29) is 18.4 Å². The first-order valence-corrected chi connectivity index (χ1v) is 6.38. The Bertz CT molecular complexity index is 491. The van der Waals surface area contributed by atoms with Crippen LogP contribution in [0, 0.1) is 11.6 Å². The summed E-state index contributed by atoms with van der Waals surface area (Å²) in [5.74, 6) is -3.59. The summed E-state index contributed by atoms with van der Waals surface area (Å²) in [5, 5.41) is 11.3. The molecule has 1 aromatic carbocycles. The van der Waals surface area contributed by atoms with Crippen molar-refractivity contribution in [3.8, 4) is 0 Å². The van der Waals surface area contributed by atoms with Gasteiger partial charge in [-0.2, -0.15) is 0 Å². The summed E-state index contributed by atoms with van der Waals surface area (Å²) in [6.07, 6.45) is 0.727. The molecule has 0 aliphatic rings. The van der Waals surface area contributed by atoms with Crippen molar-refractivity contribution in [3.63, 3.8) is 0 Å². The molecule has 0 aliphatic carbocycles. The van der Waals surface area contributed by atoms with Crippen molar-refractivity contribution in [3.05, 3.63) is 35.4 Å². The summed E-state index contributed by atoms with van der Waals surface area (Å²) < 4.78 is 26.4. The molecule has 0 unspecified atom stereocenters. The summed E-state index contributed by atoms with van der Waals surface area (Å²) in [7, 11) is 0. The zero-order valence-corrected chi connectivity index (χ0v) is 11.2. The molecule has 0 aromatic heterocycles. The fourth-order valence-corrected chi connectivity index (χ4v) is 1.92. The normalized spacial score (nSPS) is 11.9. The molecule has 0 fully saturated rings. The number of benzene rings is 1. The van der Waals surface area contributed by atoms with Gasteiger partial charge in [0.15, 0.2) is 11.6 Å². The van der Waals surface area contributed by atoms with E-state index < -0.39 is 29.6 Å². The van der Waals surface area contributed by atoms with Crippen molar-refractivity contribution >= 4 is 11.9 Å². The lowest BCUT2D eigenvalue weighted by molar-refractivity contribution is -0.137. The van der Waals surface area contributed by atoms with E-state index >= 15 is 0 Å². The van der Waals surface area contributed by atoms with Crippen LogP contribution in [0.3, 0.4) is 0 Å². The van der Waals surface area contributed by atoms with Crippen molar-refractivity contribution in [2.75, 3.05) is 0 Å². The SMILES string of the molecule is CCC[C@H](CC(=O)O)NC(=O)Cc1cccc(F)c1F. The molecule has 2 N–H and O–H groups in total. The Kier molecular flexibility index (Phi) is 6.09. The quantitative estimate of drug-likeness (QED) is 0.807. The van der Waals surface area contributed by atoms with E-state index in [9.17, 15) is 18.4 Å². The average molecular weight is 285 g/mol. The summed E-state index contributed by atoms with van der Waals surface area (Å²) >= 11 is 0. The maximum Gasteiger partial charge on any atom is 0.305 e. The van der Waals surface area contributed by atoms with Gasteiger partial charge in [-0.05, 0) is 12.5 Å². The van der Waals surface area contributed by atoms with Gasteiger partial charge >= 0.3 is 5.97 Å². The Morgan fingerprint density at radius 1 is 1.35 bits per heavy atom. The Balaban J connectivity index is 2.65. The lowest BCUT2D eigenvalue weighted by atomic mass is 10.1. The molecule has 6 heteroatoms. The third-order valence-electron chi connectivity index (χ3n) is 2.81. The van der Waals surface area contributed by atoms with Gasteiger partial charge in [0.1, 0.15) is 0 Å². The van der Waals surface area contributed by atoms with Gasteiger partial charge < -0.3 is 10.4 Å². The van der Waals surface area contributed by atoms with Crippen LogP contribution >= 0.6 is 0 Å². The number of hydrogen-bond acceptors (Lipinski definition) is 2. The third kappa shape index (κ3) is 4.95. The van der Waals surface area contributed by atoms with Gasteiger partial charge in [0.2, 0.25) is 5.91 Å². The van der Waals surface area contributed by atoms with Crippen LogP contribution in [-0.4, -0.2) is 23.0 Å². The van der Waals surface area contributed by atoms with Crippen LogP contribution in [0.25, 0.3) is 0 Å². The van der Waals surface area contributed by atoms with E-state index in [1.807, 2.05) is 6.92 Å². The van der Waals surface area contributed by atoms with Crippen LogP contribution in [0.2, 0.25) is 0 Å². The zero-order chi connectivity index (χ0) is 15.1. The van der Waals surface area contributed by atoms with Crippen LogP contribution in [-0.2, 0) is 16.0 Å². The fraction of sp³-hybridized carbons (Fsp3) is 0.429. The number of amides is 1. The highest BCUT2D eigenvalue weighted by Crippen LogP contribution is 2.12. The van der Waals surface area contributed by atoms with Gasteiger partial charge in [-0.15, -0.1) is 0 Å². The Morgan fingerprint density at radius 3 is 2.65 bits per heavy atom. The first-order chi connectivity index (χ1) is 9.43. The molecule has 0 heterocycles. The number of halogens is 2. The standard InChI is InChI=1S/C14H17F2NO3/c1-2-4-10(8-13(19)20)17-12(18)7-9-5-3-6-11(15)14(9)16/h3,5-6,10H,2,4,7-8H2,1H3,(H,17,18)(H,19,20)/t10-/m1/s1. The molecule has 0 aliphatic heterocycles. The molecule has 0 spiro atoms. The van der Waals surface area contributed by atoms with Crippen LogP contribution in [0.15, 0.2) is 18.2 Å². The molecule has 0 saturated heterocycles. The van der Waals surface area contributed by atoms with Gasteiger partial charge in [-0.1, -0.05) is 25.5 Å². The smallest absolute Gasteiger partial charge is 0.305 e. The first-order valence-electron chi connectivity index (χ1n) is 6.38. The second-order valence-corrected chi connectivity index (χ2v) is 4.54. The second kappa shape index (κ2) is 7.57. The Hall–Kier alpha value is -1.98. The van der Waals surface area contributed by atoms with Crippen LogP contribution in [0.5, 0.6) is 0 Å². The minimum absolute atomic E-state index is 0.0481. The fourth-order valence-electron chi connectivity index (χ4n) is 1.92. The number of carboxylic acid groups (broad SMARTS) is 1. The van der Waals surface area contributed by atoms with E-state index in [2.05, 4.69) is 5.32 Å². The Morgan fingerprint density at radius 2 is 2.05 bits per heavy atom.